The van der Waals surface area contributed by atoms with Gasteiger partial charge in [0.25, 0.3) is 12.0 Å². The normalized spacial score (nSPS) is 10.8. The minimum atomic E-state index is -2.81. The van der Waals surface area contributed by atoms with Crippen molar-refractivity contribution in [2.45, 2.75) is 6.43 Å². The van der Waals surface area contributed by atoms with Crippen molar-refractivity contribution in [3.63, 3.8) is 0 Å². The molecule has 0 unspecified atom stereocenters. The quantitative estimate of drug-likeness (QED) is 0.772. The van der Waals surface area contributed by atoms with Crippen LogP contribution in [0.4, 0.5) is 8.78 Å². The molecule has 0 fully saturated rings. The highest BCUT2D eigenvalue weighted by Crippen LogP contribution is 2.22. The fourth-order valence-electron chi connectivity index (χ4n) is 0.659. The lowest BCUT2D eigenvalue weighted by Gasteiger charge is -1.99. The maximum absolute atomic E-state index is 12.0. The number of pyridine rings is 1. The molecule has 0 aliphatic rings. The van der Waals surface area contributed by atoms with Crippen molar-refractivity contribution < 1.29 is 8.78 Å². The maximum Gasteiger partial charge on any atom is 0.269 e. The van der Waals surface area contributed by atoms with Gasteiger partial charge in [-0.3, -0.25) is 4.79 Å². The molecule has 0 spiro atoms. The van der Waals surface area contributed by atoms with E-state index in [2.05, 4.69) is 20.9 Å². The van der Waals surface area contributed by atoms with E-state index in [-0.39, 0.29) is 9.63 Å². The van der Waals surface area contributed by atoms with Crippen LogP contribution in [-0.4, -0.2) is 4.98 Å². The third kappa shape index (κ3) is 1.84. The van der Waals surface area contributed by atoms with Crippen LogP contribution in [0.3, 0.4) is 0 Å². The largest absolute Gasteiger partial charge is 0.315 e. The Morgan fingerprint density at radius 2 is 2.17 bits per heavy atom. The van der Waals surface area contributed by atoms with Gasteiger partial charge in [0.1, 0.15) is 4.60 Å². The van der Waals surface area contributed by atoms with Gasteiger partial charge in [-0.25, -0.2) is 8.78 Å². The Hall–Kier alpha value is -0.420. The zero-order chi connectivity index (χ0) is 9.30. The molecular formula is C6H3BrClF2NO. The smallest absolute Gasteiger partial charge is 0.269 e. The van der Waals surface area contributed by atoms with Gasteiger partial charge in [-0.15, -0.1) is 0 Å². The van der Waals surface area contributed by atoms with Gasteiger partial charge in [-0.1, -0.05) is 11.6 Å². The second kappa shape index (κ2) is 3.53. The molecule has 66 valence electrons. The fourth-order valence-corrected chi connectivity index (χ4v) is 1.12. The van der Waals surface area contributed by atoms with Crippen LogP contribution in [0.2, 0.25) is 5.02 Å². The number of aromatic amines is 1. The van der Waals surface area contributed by atoms with E-state index >= 15 is 0 Å². The highest BCUT2D eigenvalue weighted by molar-refractivity contribution is 9.10. The van der Waals surface area contributed by atoms with E-state index in [4.69, 9.17) is 11.6 Å². The van der Waals surface area contributed by atoms with Crippen LogP contribution >= 0.6 is 27.5 Å². The summed E-state index contributed by atoms with van der Waals surface area (Å²) in [6, 6.07) is 0.940. The number of H-pyrrole nitrogens is 1. The molecule has 1 aromatic heterocycles. The number of hydrogen-bond acceptors (Lipinski definition) is 1. The minimum Gasteiger partial charge on any atom is -0.315 e. The van der Waals surface area contributed by atoms with Crippen molar-refractivity contribution in [1.82, 2.24) is 4.98 Å². The summed E-state index contributed by atoms with van der Waals surface area (Å²) in [5, 5.41) is 0.0601. The molecule has 2 nitrogen and oxygen atoms in total. The monoisotopic (exact) mass is 257 g/mol. The van der Waals surface area contributed by atoms with Crippen molar-refractivity contribution in [1.29, 1.82) is 0 Å². The first-order valence-corrected chi connectivity index (χ1v) is 4.06. The predicted molar refractivity (Wildman–Crippen MR) is 44.7 cm³/mol. The summed E-state index contributed by atoms with van der Waals surface area (Å²) < 4.78 is 24.3. The lowest BCUT2D eigenvalue weighted by atomic mass is 10.3. The molecule has 6 heteroatoms. The number of halogens is 4. The topological polar surface area (TPSA) is 32.9 Å². The molecule has 1 N–H and O–H groups in total. The molecule has 12 heavy (non-hydrogen) atoms. The van der Waals surface area contributed by atoms with Gasteiger partial charge >= 0.3 is 0 Å². The molecule has 0 aliphatic heterocycles. The Bertz CT molecular complexity index is 352. The first-order valence-electron chi connectivity index (χ1n) is 2.88. The number of aromatic nitrogens is 1. The molecule has 0 amide bonds. The van der Waals surface area contributed by atoms with Gasteiger partial charge < -0.3 is 4.98 Å². The number of hydrogen-bond donors (Lipinski definition) is 1. The zero-order valence-electron chi connectivity index (χ0n) is 5.57. The standard InChI is InChI=1S/C6H3BrClF2NO/c7-4-3(8)1-2(5(9)10)6(12)11-4/h1,5H,(H,11,12). The first-order chi connectivity index (χ1) is 5.52. The summed E-state index contributed by atoms with van der Waals surface area (Å²) in [5.41, 5.74) is -1.45. The lowest BCUT2D eigenvalue weighted by Crippen LogP contribution is -2.12. The Labute approximate surface area is 79.7 Å². The van der Waals surface area contributed by atoms with Crippen molar-refractivity contribution in [2.75, 3.05) is 0 Å². The van der Waals surface area contributed by atoms with E-state index in [1.807, 2.05) is 0 Å². The fraction of sp³-hybridized carbons (Fsp3) is 0.167. The Kier molecular flexibility index (Phi) is 2.85. The van der Waals surface area contributed by atoms with Crippen LogP contribution in [0.1, 0.15) is 12.0 Å². The van der Waals surface area contributed by atoms with E-state index < -0.39 is 17.5 Å². The van der Waals surface area contributed by atoms with Crippen molar-refractivity contribution >= 4 is 27.5 Å². The highest BCUT2D eigenvalue weighted by Gasteiger charge is 2.13. The third-order valence-electron chi connectivity index (χ3n) is 1.21. The molecule has 0 saturated carbocycles. The molecule has 1 rings (SSSR count). The summed E-state index contributed by atoms with van der Waals surface area (Å²) in [4.78, 5) is 12.9. The Morgan fingerprint density at radius 3 is 2.67 bits per heavy atom. The molecule has 1 aromatic rings. The van der Waals surface area contributed by atoms with E-state index in [0.29, 0.717) is 0 Å². The van der Waals surface area contributed by atoms with Crippen LogP contribution in [0, 0.1) is 0 Å². The molecule has 1 heterocycles. The van der Waals surface area contributed by atoms with E-state index in [9.17, 15) is 13.6 Å². The first kappa shape index (κ1) is 9.67. The van der Waals surface area contributed by atoms with Crippen molar-refractivity contribution in [3.05, 3.63) is 31.6 Å². The van der Waals surface area contributed by atoms with Gasteiger partial charge in [0.2, 0.25) is 0 Å². The van der Waals surface area contributed by atoms with Crippen molar-refractivity contribution in [2.24, 2.45) is 0 Å². The van der Waals surface area contributed by atoms with Gasteiger partial charge in [-0.2, -0.15) is 0 Å². The average Bonchev–Trinajstić information content (AvgIpc) is 1.96. The maximum atomic E-state index is 12.0. The number of nitrogens with one attached hydrogen (secondary N) is 1. The second-order valence-corrected chi connectivity index (χ2v) is 3.22. The van der Waals surface area contributed by atoms with Crippen LogP contribution in [0.15, 0.2) is 15.5 Å². The SMILES string of the molecule is O=c1[nH]c(Br)c(Cl)cc1C(F)F. The lowest BCUT2D eigenvalue weighted by molar-refractivity contribution is 0.149. The summed E-state index contributed by atoms with van der Waals surface area (Å²) in [6.45, 7) is 0. The Morgan fingerprint density at radius 1 is 1.58 bits per heavy atom. The van der Waals surface area contributed by atoms with Crippen LogP contribution in [-0.2, 0) is 0 Å². The molecule has 0 aromatic carbocycles. The Balaban J connectivity index is 3.33. The highest BCUT2D eigenvalue weighted by atomic mass is 79.9. The van der Waals surface area contributed by atoms with Gasteiger partial charge in [-0.05, 0) is 22.0 Å². The number of alkyl halides is 2. The average molecular weight is 258 g/mol. The minimum absolute atomic E-state index is 0.0601. The van der Waals surface area contributed by atoms with Crippen LogP contribution < -0.4 is 5.56 Å². The summed E-state index contributed by atoms with van der Waals surface area (Å²) in [5.74, 6) is 0. The number of rotatable bonds is 1. The molecule has 0 aliphatic carbocycles. The second-order valence-electron chi connectivity index (χ2n) is 2.02. The van der Waals surface area contributed by atoms with Gasteiger partial charge in [0.15, 0.2) is 0 Å². The molecule has 0 bridgehead atoms. The molecular weight excluding hydrogens is 255 g/mol. The molecule has 0 atom stereocenters. The van der Waals surface area contributed by atoms with E-state index in [1.165, 1.54) is 0 Å². The molecule has 0 saturated heterocycles. The summed E-state index contributed by atoms with van der Waals surface area (Å²) >= 11 is 8.38. The van der Waals surface area contributed by atoms with Crippen LogP contribution in [0.25, 0.3) is 0 Å². The summed E-state index contributed by atoms with van der Waals surface area (Å²) in [6.07, 6.45) is -2.81. The molecule has 0 radical (unpaired) electrons. The zero-order valence-corrected chi connectivity index (χ0v) is 7.92. The predicted octanol–water partition coefficient (Wildman–Crippen LogP) is 2.73. The summed E-state index contributed by atoms with van der Waals surface area (Å²) in [7, 11) is 0. The van der Waals surface area contributed by atoms with E-state index in [1.54, 1.807) is 0 Å². The van der Waals surface area contributed by atoms with Gasteiger partial charge in [0.05, 0.1) is 10.6 Å². The van der Waals surface area contributed by atoms with Crippen LogP contribution in [0.5, 0.6) is 0 Å². The van der Waals surface area contributed by atoms with E-state index in [0.717, 1.165) is 6.07 Å². The van der Waals surface area contributed by atoms with Gasteiger partial charge in [0, 0.05) is 0 Å². The van der Waals surface area contributed by atoms with Crippen molar-refractivity contribution in [3.8, 4) is 0 Å². The third-order valence-corrected chi connectivity index (χ3v) is 2.36.